The quantitative estimate of drug-likeness (QED) is 0.577. The molecule has 1 rings (SSSR count). The van der Waals surface area contributed by atoms with Gasteiger partial charge in [0.1, 0.15) is 0 Å². The van der Waals surface area contributed by atoms with E-state index in [0.29, 0.717) is 0 Å². The fourth-order valence-electron chi connectivity index (χ4n) is 0.498. The van der Waals surface area contributed by atoms with Gasteiger partial charge in [0.25, 0.3) is 0 Å². The van der Waals surface area contributed by atoms with Crippen LogP contribution >= 0.6 is 23.1 Å². The smallest absolute Gasteiger partial charge is 0.0662 e. The van der Waals surface area contributed by atoms with E-state index in [4.69, 9.17) is 11.6 Å². The Morgan fingerprint density at radius 3 is 2.56 bits per heavy atom. The molecule has 3 heteroatoms. The van der Waals surface area contributed by atoms with Crippen LogP contribution in [0.1, 0.15) is 19.4 Å². The molecule has 0 amide bonds. The number of halogens is 1. The van der Waals surface area contributed by atoms with Crippen molar-refractivity contribution in [2.24, 2.45) is 0 Å². The van der Waals surface area contributed by atoms with Crippen molar-refractivity contribution in [3.8, 4) is 0 Å². The molecule has 0 aromatic carbocycles. The monoisotopic (exact) mass is 161 g/mol. The standard InChI is InChI=1S/C6H8ClNS/c1-6(2,7)5-3-8-9-4-5/h3-4H,1-2H3. The van der Waals surface area contributed by atoms with Crippen molar-refractivity contribution in [2.75, 3.05) is 0 Å². The second-order valence-electron chi connectivity index (χ2n) is 2.39. The first-order valence-electron chi connectivity index (χ1n) is 2.69. The minimum atomic E-state index is -0.257. The third-order valence-corrected chi connectivity index (χ3v) is 1.92. The predicted octanol–water partition coefficient (Wildman–Crippen LogP) is 2.62. The third kappa shape index (κ3) is 1.66. The molecule has 0 atom stereocenters. The fraction of sp³-hybridized carbons (Fsp3) is 0.500. The van der Waals surface area contributed by atoms with Gasteiger partial charge in [-0.3, -0.25) is 0 Å². The summed E-state index contributed by atoms with van der Waals surface area (Å²) < 4.78 is 3.95. The lowest BCUT2D eigenvalue weighted by Crippen LogP contribution is -2.04. The van der Waals surface area contributed by atoms with Gasteiger partial charge in [-0.15, -0.1) is 11.6 Å². The van der Waals surface area contributed by atoms with Crippen LogP contribution < -0.4 is 0 Å². The van der Waals surface area contributed by atoms with Crippen molar-refractivity contribution >= 4 is 23.1 Å². The molecule has 0 aliphatic heterocycles. The highest BCUT2D eigenvalue weighted by atomic mass is 35.5. The van der Waals surface area contributed by atoms with E-state index in [1.54, 1.807) is 6.20 Å². The zero-order valence-corrected chi connectivity index (χ0v) is 6.96. The van der Waals surface area contributed by atoms with Crippen LogP contribution in [0.3, 0.4) is 0 Å². The lowest BCUT2D eigenvalue weighted by Gasteiger charge is -2.11. The number of nitrogens with zero attached hydrogens (tertiary/aromatic N) is 1. The van der Waals surface area contributed by atoms with Gasteiger partial charge in [0, 0.05) is 17.1 Å². The van der Waals surface area contributed by atoms with Crippen molar-refractivity contribution in [3.63, 3.8) is 0 Å². The Balaban J connectivity index is 2.90. The van der Waals surface area contributed by atoms with Crippen LogP contribution in [0.2, 0.25) is 0 Å². The second-order valence-corrected chi connectivity index (χ2v) is 3.99. The number of aromatic nitrogens is 1. The number of rotatable bonds is 1. The molecular weight excluding hydrogens is 154 g/mol. The Labute approximate surface area is 63.8 Å². The molecule has 0 aliphatic carbocycles. The van der Waals surface area contributed by atoms with E-state index in [0.717, 1.165) is 5.56 Å². The summed E-state index contributed by atoms with van der Waals surface area (Å²) in [6.45, 7) is 3.91. The summed E-state index contributed by atoms with van der Waals surface area (Å²) in [5.74, 6) is 0. The molecule has 1 nitrogen and oxygen atoms in total. The van der Waals surface area contributed by atoms with Crippen LogP contribution in [-0.2, 0) is 4.87 Å². The molecule has 0 radical (unpaired) electrons. The Hall–Kier alpha value is -0.0800. The molecule has 1 aromatic heterocycles. The molecule has 0 saturated carbocycles. The molecule has 1 aromatic rings. The molecule has 0 fully saturated rings. The number of alkyl halides is 1. The molecule has 0 bridgehead atoms. The molecule has 9 heavy (non-hydrogen) atoms. The van der Waals surface area contributed by atoms with Gasteiger partial charge in [-0.25, -0.2) is 4.37 Å². The van der Waals surface area contributed by atoms with Gasteiger partial charge in [-0.05, 0) is 25.4 Å². The number of hydrogen-bond donors (Lipinski definition) is 0. The minimum absolute atomic E-state index is 0.257. The molecule has 0 N–H and O–H groups in total. The summed E-state index contributed by atoms with van der Waals surface area (Å²) >= 11 is 7.40. The zero-order valence-electron chi connectivity index (χ0n) is 5.39. The van der Waals surface area contributed by atoms with E-state index >= 15 is 0 Å². The van der Waals surface area contributed by atoms with Crippen LogP contribution in [-0.4, -0.2) is 4.37 Å². The molecule has 50 valence electrons. The first kappa shape index (κ1) is 7.03. The SMILES string of the molecule is CC(C)(Cl)c1cnsc1. The predicted molar refractivity (Wildman–Crippen MR) is 41.0 cm³/mol. The maximum absolute atomic E-state index is 5.97. The first-order valence-corrected chi connectivity index (χ1v) is 3.91. The molecule has 1 heterocycles. The van der Waals surface area contributed by atoms with Crippen molar-refractivity contribution in [1.29, 1.82) is 0 Å². The summed E-state index contributed by atoms with van der Waals surface area (Å²) in [6.07, 6.45) is 1.80. The van der Waals surface area contributed by atoms with E-state index in [9.17, 15) is 0 Å². The summed E-state index contributed by atoms with van der Waals surface area (Å²) in [5, 5.41) is 1.97. The van der Waals surface area contributed by atoms with Gasteiger partial charge in [-0.1, -0.05) is 0 Å². The molecule has 0 spiro atoms. The van der Waals surface area contributed by atoms with E-state index in [1.165, 1.54) is 11.5 Å². The van der Waals surface area contributed by atoms with Gasteiger partial charge < -0.3 is 0 Å². The van der Waals surface area contributed by atoms with Gasteiger partial charge in [-0.2, -0.15) is 0 Å². The van der Waals surface area contributed by atoms with Crippen molar-refractivity contribution < 1.29 is 0 Å². The summed E-state index contributed by atoms with van der Waals surface area (Å²) in [4.78, 5) is -0.257. The van der Waals surface area contributed by atoms with Crippen molar-refractivity contribution in [3.05, 3.63) is 17.1 Å². The summed E-state index contributed by atoms with van der Waals surface area (Å²) in [5.41, 5.74) is 1.09. The summed E-state index contributed by atoms with van der Waals surface area (Å²) in [7, 11) is 0. The molecular formula is C6H8ClNS. The van der Waals surface area contributed by atoms with E-state index in [1.807, 2.05) is 19.2 Å². The van der Waals surface area contributed by atoms with Crippen LogP contribution in [0.15, 0.2) is 11.6 Å². The van der Waals surface area contributed by atoms with E-state index in [-0.39, 0.29) is 4.87 Å². The van der Waals surface area contributed by atoms with Gasteiger partial charge in [0.2, 0.25) is 0 Å². The first-order chi connectivity index (χ1) is 4.11. The van der Waals surface area contributed by atoms with Crippen LogP contribution in [0, 0.1) is 0 Å². The van der Waals surface area contributed by atoms with Gasteiger partial charge >= 0.3 is 0 Å². The fourth-order valence-corrected chi connectivity index (χ4v) is 1.37. The molecule has 0 aliphatic rings. The van der Waals surface area contributed by atoms with Crippen LogP contribution in [0.5, 0.6) is 0 Å². The van der Waals surface area contributed by atoms with Crippen LogP contribution in [0.4, 0.5) is 0 Å². The Morgan fingerprint density at radius 2 is 2.33 bits per heavy atom. The van der Waals surface area contributed by atoms with Gasteiger partial charge in [0.15, 0.2) is 0 Å². The molecule has 0 unspecified atom stereocenters. The highest BCUT2D eigenvalue weighted by Crippen LogP contribution is 2.27. The lowest BCUT2D eigenvalue weighted by molar-refractivity contribution is 0.768. The third-order valence-electron chi connectivity index (χ3n) is 1.12. The Morgan fingerprint density at radius 1 is 1.67 bits per heavy atom. The Kier molecular flexibility index (Phi) is 1.78. The minimum Gasteiger partial charge on any atom is -0.201 e. The highest BCUT2D eigenvalue weighted by Gasteiger charge is 2.16. The molecule has 0 saturated heterocycles. The topological polar surface area (TPSA) is 12.9 Å². The van der Waals surface area contributed by atoms with Gasteiger partial charge in [0.05, 0.1) is 4.87 Å². The van der Waals surface area contributed by atoms with Crippen molar-refractivity contribution in [1.82, 2.24) is 4.37 Å². The van der Waals surface area contributed by atoms with Crippen LogP contribution in [0.25, 0.3) is 0 Å². The highest BCUT2D eigenvalue weighted by molar-refractivity contribution is 7.03. The largest absolute Gasteiger partial charge is 0.201 e. The zero-order chi connectivity index (χ0) is 6.91. The maximum Gasteiger partial charge on any atom is 0.0662 e. The van der Waals surface area contributed by atoms with E-state index < -0.39 is 0 Å². The lowest BCUT2D eigenvalue weighted by atomic mass is 10.1. The average Bonchev–Trinajstić information content (AvgIpc) is 2.08. The Bertz CT molecular complexity index is 175. The summed E-state index contributed by atoms with van der Waals surface area (Å²) in [6, 6.07) is 0. The maximum atomic E-state index is 5.97. The van der Waals surface area contributed by atoms with Crippen molar-refractivity contribution in [2.45, 2.75) is 18.7 Å². The van der Waals surface area contributed by atoms with E-state index in [2.05, 4.69) is 4.37 Å². The average molecular weight is 162 g/mol. The number of hydrogen-bond acceptors (Lipinski definition) is 2. The second kappa shape index (κ2) is 2.27. The normalized spacial score (nSPS) is 11.9.